The molecule has 0 radical (unpaired) electrons. The molecule has 0 fully saturated rings. The predicted molar refractivity (Wildman–Crippen MR) is 83.6 cm³/mol. The van der Waals surface area contributed by atoms with Gasteiger partial charge in [-0.3, -0.25) is 0 Å². The minimum absolute atomic E-state index is 0.113. The third-order valence-corrected chi connectivity index (χ3v) is 4.89. The minimum atomic E-state index is -3.86. The monoisotopic (exact) mass is 331 g/mol. The number of anilines is 1. The van der Waals surface area contributed by atoms with Crippen molar-refractivity contribution in [2.75, 3.05) is 5.32 Å². The zero-order valence-corrected chi connectivity index (χ0v) is 12.9. The van der Waals surface area contributed by atoms with E-state index in [1.807, 2.05) is 12.1 Å². The van der Waals surface area contributed by atoms with E-state index >= 15 is 0 Å². The average Bonchev–Trinajstić information content (AvgIpc) is 2.91. The highest BCUT2D eigenvalue weighted by Crippen LogP contribution is 2.36. The summed E-state index contributed by atoms with van der Waals surface area (Å²) in [6, 6.07) is 10.9. The van der Waals surface area contributed by atoms with Gasteiger partial charge in [-0.1, -0.05) is 12.1 Å². The molecule has 1 atom stereocenters. The number of rotatable bonds is 3. The fourth-order valence-corrected chi connectivity index (χ4v) is 3.41. The Kier molecular flexibility index (Phi) is 3.80. The Bertz CT molecular complexity index is 919. The summed E-state index contributed by atoms with van der Waals surface area (Å²) < 4.78 is 36.5. The SMILES string of the molecule is N#Cc1cc(S(N)(=O)=O)ccc1N[C@H]1CCc2c(F)cccc21. The van der Waals surface area contributed by atoms with Crippen LogP contribution in [0.1, 0.15) is 29.2 Å². The van der Waals surface area contributed by atoms with E-state index < -0.39 is 10.0 Å². The van der Waals surface area contributed by atoms with Crippen LogP contribution in [0.4, 0.5) is 10.1 Å². The molecular weight excluding hydrogens is 317 g/mol. The molecule has 0 spiro atoms. The van der Waals surface area contributed by atoms with Gasteiger partial charge in [-0.05, 0) is 48.2 Å². The van der Waals surface area contributed by atoms with Crippen LogP contribution in [0.25, 0.3) is 0 Å². The molecule has 0 aromatic heterocycles. The molecule has 118 valence electrons. The second kappa shape index (κ2) is 5.65. The van der Waals surface area contributed by atoms with Gasteiger partial charge in [0.25, 0.3) is 0 Å². The first-order chi connectivity index (χ1) is 10.9. The van der Waals surface area contributed by atoms with Crippen LogP contribution in [0.2, 0.25) is 0 Å². The number of benzene rings is 2. The van der Waals surface area contributed by atoms with Gasteiger partial charge in [0.15, 0.2) is 0 Å². The molecule has 3 rings (SSSR count). The Balaban J connectivity index is 1.94. The zero-order chi connectivity index (χ0) is 16.6. The van der Waals surface area contributed by atoms with E-state index in [2.05, 4.69) is 5.32 Å². The molecule has 0 saturated heterocycles. The highest BCUT2D eigenvalue weighted by atomic mass is 32.2. The van der Waals surface area contributed by atoms with Crippen molar-refractivity contribution in [1.29, 1.82) is 5.26 Å². The molecule has 0 unspecified atom stereocenters. The normalized spacial score (nSPS) is 16.7. The van der Waals surface area contributed by atoms with E-state index in [1.54, 1.807) is 6.07 Å². The van der Waals surface area contributed by atoms with Crippen molar-refractivity contribution in [3.05, 3.63) is 58.9 Å². The van der Waals surface area contributed by atoms with E-state index in [-0.39, 0.29) is 22.3 Å². The van der Waals surface area contributed by atoms with Crippen LogP contribution in [0, 0.1) is 17.1 Å². The number of nitrogens with zero attached hydrogens (tertiary/aromatic N) is 1. The second-order valence-corrected chi connectivity index (χ2v) is 6.97. The fraction of sp³-hybridized carbons (Fsp3) is 0.188. The molecule has 23 heavy (non-hydrogen) atoms. The van der Waals surface area contributed by atoms with Crippen molar-refractivity contribution in [1.82, 2.24) is 0 Å². The van der Waals surface area contributed by atoms with Crippen LogP contribution < -0.4 is 10.5 Å². The van der Waals surface area contributed by atoms with Crippen molar-refractivity contribution in [3.8, 4) is 6.07 Å². The first kappa shape index (κ1) is 15.5. The molecule has 2 aromatic rings. The Morgan fingerprint density at radius 2 is 2.09 bits per heavy atom. The highest BCUT2D eigenvalue weighted by Gasteiger charge is 2.25. The largest absolute Gasteiger partial charge is 0.377 e. The topological polar surface area (TPSA) is 96.0 Å². The maximum absolute atomic E-state index is 13.8. The van der Waals surface area contributed by atoms with Gasteiger partial charge in [-0.25, -0.2) is 17.9 Å². The third-order valence-electron chi connectivity index (χ3n) is 3.98. The van der Waals surface area contributed by atoms with Crippen LogP contribution >= 0.6 is 0 Å². The number of primary sulfonamides is 1. The van der Waals surface area contributed by atoms with Gasteiger partial charge in [-0.15, -0.1) is 0 Å². The van der Waals surface area contributed by atoms with Gasteiger partial charge >= 0.3 is 0 Å². The van der Waals surface area contributed by atoms with E-state index in [0.717, 1.165) is 5.56 Å². The van der Waals surface area contributed by atoms with Gasteiger partial charge in [-0.2, -0.15) is 5.26 Å². The quantitative estimate of drug-likeness (QED) is 0.903. The summed E-state index contributed by atoms with van der Waals surface area (Å²) in [5.41, 5.74) is 2.23. The molecule has 0 bridgehead atoms. The molecule has 0 heterocycles. The number of hydrogen-bond donors (Lipinski definition) is 2. The van der Waals surface area contributed by atoms with E-state index in [0.29, 0.717) is 24.1 Å². The van der Waals surface area contributed by atoms with Crippen molar-refractivity contribution in [2.45, 2.75) is 23.8 Å². The maximum Gasteiger partial charge on any atom is 0.238 e. The van der Waals surface area contributed by atoms with Gasteiger partial charge in [0.2, 0.25) is 10.0 Å². The third kappa shape index (κ3) is 2.91. The Morgan fingerprint density at radius 1 is 1.30 bits per heavy atom. The van der Waals surface area contributed by atoms with E-state index in [9.17, 15) is 18.1 Å². The predicted octanol–water partition coefficient (Wildman–Crippen LogP) is 2.44. The average molecular weight is 331 g/mol. The number of nitrogens with two attached hydrogens (primary N) is 1. The number of hydrogen-bond acceptors (Lipinski definition) is 4. The lowest BCUT2D eigenvalue weighted by Gasteiger charge is -2.17. The van der Waals surface area contributed by atoms with Crippen molar-refractivity contribution in [3.63, 3.8) is 0 Å². The summed E-state index contributed by atoms with van der Waals surface area (Å²) in [5, 5.41) is 17.5. The first-order valence-corrected chi connectivity index (χ1v) is 8.55. The second-order valence-electron chi connectivity index (χ2n) is 5.41. The summed E-state index contributed by atoms with van der Waals surface area (Å²) >= 11 is 0. The number of sulfonamides is 1. The number of halogens is 1. The fourth-order valence-electron chi connectivity index (χ4n) is 2.87. The Labute approximate surface area is 133 Å². The van der Waals surface area contributed by atoms with E-state index in [4.69, 9.17) is 5.14 Å². The minimum Gasteiger partial charge on any atom is -0.377 e. The van der Waals surface area contributed by atoms with Gasteiger partial charge < -0.3 is 5.32 Å². The molecule has 1 aliphatic rings. The molecule has 7 heteroatoms. The van der Waals surface area contributed by atoms with Crippen LogP contribution in [-0.2, 0) is 16.4 Å². The van der Waals surface area contributed by atoms with Gasteiger partial charge in [0.05, 0.1) is 22.2 Å². The molecule has 3 N–H and O–H groups in total. The Morgan fingerprint density at radius 3 is 2.78 bits per heavy atom. The van der Waals surface area contributed by atoms with Crippen LogP contribution in [0.15, 0.2) is 41.3 Å². The Hall–Kier alpha value is -2.43. The lowest BCUT2D eigenvalue weighted by atomic mass is 10.1. The first-order valence-electron chi connectivity index (χ1n) is 7.01. The molecule has 5 nitrogen and oxygen atoms in total. The van der Waals surface area contributed by atoms with Gasteiger partial charge in [0.1, 0.15) is 11.9 Å². The smallest absolute Gasteiger partial charge is 0.238 e. The maximum atomic E-state index is 13.8. The molecule has 0 saturated carbocycles. The molecule has 0 amide bonds. The number of nitrogens with one attached hydrogen (secondary N) is 1. The summed E-state index contributed by atoms with van der Waals surface area (Å²) in [6.45, 7) is 0. The van der Waals surface area contributed by atoms with Crippen LogP contribution in [-0.4, -0.2) is 8.42 Å². The van der Waals surface area contributed by atoms with Crippen LogP contribution in [0.5, 0.6) is 0 Å². The highest BCUT2D eigenvalue weighted by molar-refractivity contribution is 7.89. The molecular formula is C16H14FN3O2S. The van der Waals surface area contributed by atoms with Crippen LogP contribution in [0.3, 0.4) is 0 Å². The molecule has 2 aromatic carbocycles. The standard InChI is InChI=1S/C16H14FN3O2S/c17-14-3-1-2-13-12(14)5-7-16(13)20-15-6-4-11(23(19,21)22)8-10(15)9-18/h1-4,6,8,16,20H,5,7H2,(H2,19,21,22)/t16-/m0/s1. The summed E-state index contributed by atoms with van der Waals surface area (Å²) in [6.07, 6.45) is 1.33. The molecule has 0 aliphatic heterocycles. The van der Waals surface area contributed by atoms with Crippen molar-refractivity contribution < 1.29 is 12.8 Å². The number of nitriles is 1. The number of fused-ring (bicyclic) bond motifs is 1. The van der Waals surface area contributed by atoms with Crippen molar-refractivity contribution >= 4 is 15.7 Å². The summed E-state index contributed by atoms with van der Waals surface area (Å²) in [5.74, 6) is -0.225. The summed E-state index contributed by atoms with van der Waals surface area (Å²) in [7, 11) is -3.86. The lowest BCUT2D eigenvalue weighted by Crippen LogP contribution is -2.13. The summed E-state index contributed by atoms with van der Waals surface area (Å²) in [4.78, 5) is -0.113. The lowest BCUT2D eigenvalue weighted by molar-refractivity contribution is 0.597. The molecule has 1 aliphatic carbocycles. The van der Waals surface area contributed by atoms with Gasteiger partial charge in [0, 0.05) is 0 Å². The van der Waals surface area contributed by atoms with Crippen molar-refractivity contribution in [2.24, 2.45) is 5.14 Å². The van der Waals surface area contributed by atoms with E-state index in [1.165, 1.54) is 24.3 Å². The zero-order valence-electron chi connectivity index (χ0n) is 12.1.